The molecule has 1 atom stereocenters. The van der Waals surface area contributed by atoms with Crippen LogP contribution in [0, 0.1) is 0 Å². The first kappa shape index (κ1) is 21.5. The summed E-state index contributed by atoms with van der Waals surface area (Å²) in [4.78, 5) is 2.80. The third-order valence-electron chi connectivity index (χ3n) is 6.55. The van der Waals surface area contributed by atoms with Crippen molar-refractivity contribution in [2.45, 2.75) is 109 Å². The predicted molar refractivity (Wildman–Crippen MR) is 116 cm³/mol. The second kappa shape index (κ2) is 12.5. The smallest absolute Gasteiger partial charge is 0.0458 e. The summed E-state index contributed by atoms with van der Waals surface area (Å²) in [7, 11) is 0. The van der Waals surface area contributed by atoms with E-state index in [1.165, 1.54) is 103 Å². The lowest BCUT2D eigenvalue weighted by Crippen LogP contribution is -2.44. The van der Waals surface area contributed by atoms with Crippen LogP contribution in [0.5, 0.6) is 0 Å². The fourth-order valence-electron chi connectivity index (χ4n) is 4.89. The third-order valence-corrected chi connectivity index (χ3v) is 6.55. The maximum absolute atomic E-state index is 2.80. The van der Waals surface area contributed by atoms with Gasteiger partial charge in [0.1, 0.15) is 0 Å². The van der Waals surface area contributed by atoms with E-state index in [4.69, 9.17) is 0 Å². The van der Waals surface area contributed by atoms with E-state index in [-0.39, 0.29) is 5.54 Å². The summed E-state index contributed by atoms with van der Waals surface area (Å²) in [6.07, 6.45) is 19.6. The molecule has 148 valence electrons. The van der Waals surface area contributed by atoms with Gasteiger partial charge < -0.3 is 0 Å². The minimum absolute atomic E-state index is 0.290. The Kier molecular flexibility index (Phi) is 10.4. The molecule has 1 unspecified atom stereocenters. The maximum Gasteiger partial charge on any atom is 0.0458 e. The minimum atomic E-state index is 0.290. The van der Waals surface area contributed by atoms with E-state index in [2.05, 4.69) is 49.1 Å². The number of likely N-dealkylation sites (tertiary alicyclic amines) is 1. The largest absolute Gasteiger partial charge is 0.294 e. The summed E-state index contributed by atoms with van der Waals surface area (Å²) in [6, 6.07) is 11.4. The van der Waals surface area contributed by atoms with Gasteiger partial charge in [0.05, 0.1) is 0 Å². The van der Waals surface area contributed by atoms with E-state index in [1.807, 2.05) is 0 Å². The number of benzene rings is 1. The minimum Gasteiger partial charge on any atom is -0.294 e. The molecular weight excluding hydrogens is 314 g/mol. The Morgan fingerprint density at radius 2 is 1.27 bits per heavy atom. The SMILES string of the molecule is CCCCCCCCCCCCC(CC)(c1ccccc1)N1CCCC1. The molecule has 1 aliphatic heterocycles. The van der Waals surface area contributed by atoms with Gasteiger partial charge >= 0.3 is 0 Å². The Hall–Kier alpha value is -0.820. The number of hydrogen-bond acceptors (Lipinski definition) is 1. The first-order valence-electron chi connectivity index (χ1n) is 11.6. The first-order chi connectivity index (χ1) is 12.8. The van der Waals surface area contributed by atoms with E-state index < -0.39 is 0 Å². The highest BCUT2D eigenvalue weighted by Gasteiger charge is 2.37. The van der Waals surface area contributed by atoms with Crippen LogP contribution in [0.4, 0.5) is 0 Å². The lowest BCUT2D eigenvalue weighted by molar-refractivity contribution is 0.0951. The van der Waals surface area contributed by atoms with Gasteiger partial charge in [0.2, 0.25) is 0 Å². The lowest BCUT2D eigenvalue weighted by Gasteiger charge is -2.42. The van der Waals surface area contributed by atoms with Gasteiger partial charge in [-0.25, -0.2) is 0 Å². The van der Waals surface area contributed by atoms with Crippen LogP contribution in [-0.2, 0) is 5.54 Å². The molecule has 0 spiro atoms. The van der Waals surface area contributed by atoms with Crippen molar-refractivity contribution in [1.82, 2.24) is 4.90 Å². The van der Waals surface area contributed by atoms with Crippen LogP contribution in [0.3, 0.4) is 0 Å². The van der Waals surface area contributed by atoms with Crippen molar-refractivity contribution in [3.8, 4) is 0 Å². The van der Waals surface area contributed by atoms with Gasteiger partial charge in [0.15, 0.2) is 0 Å². The Morgan fingerprint density at radius 1 is 0.731 bits per heavy atom. The monoisotopic (exact) mass is 357 g/mol. The van der Waals surface area contributed by atoms with E-state index in [0.29, 0.717) is 0 Å². The molecule has 1 saturated heterocycles. The standard InChI is InChI=1S/C25H43N/c1-3-5-6-7-8-9-10-11-12-16-21-25(4-2,26-22-17-18-23-26)24-19-14-13-15-20-24/h13-15,19-20H,3-12,16-18,21-23H2,1-2H3. The predicted octanol–water partition coefficient (Wildman–Crippen LogP) is 7.70. The molecule has 0 aromatic heterocycles. The lowest BCUT2D eigenvalue weighted by atomic mass is 9.80. The highest BCUT2D eigenvalue weighted by molar-refractivity contribution is 5.25. The van der Waals surface area contributed by atoms with Gasteiger partial charge in [-0.05, 0) is 44.3 Å². The Morgan fingerprint density at radius 3 is 1.81 bits per heavy atom. The van der Waals surface area contributed by atoms with E-state index in [9.17, 15) is 0 Å². The summed E-state index contributed by atoms with van der Waals surface area (Å²) in [5.74, 6) is 0. The summed E-state index contributed by atoms with van der Waals surface area (Å²) in [5.41, 5.74) is 1.85. The van der Waals surface area contributed by atoms with Crippen LogP contribution in [-0.4, -0.2) is 18.0 Å². The molecule has 0 amide bonds. The normalized spacial score (nSPS) is 17.5. The van der Waals surface area contributed by atoms with E-state index >= 15 is 0 Å². The molecule has 1 heterocycles. The molecule has 1 heteroatoms. The molecule has 0 bridgehead atoms. The topological polar surface area (TPSA) is 3.24 Å². The number of rotatable bonds is 14. The third kappa shape index (κ3) is 6.41. The van der Waals surface area contributed by atoms with E-state index in [0.717, 1.165) is 0 Å². The second-order valence-corrected chi connectivity index (χ2v) is 8.38. The van der Waals surface area contributed by atoms with Gasteiger partial charge in [0.25, 0.3) is 0 Å². The van der Waals surface area contributed by atoms with Crippen LogP contribution in [0.2, 0.25) is 0 Å². The van der Waals surface area contributed by atoms with Crippen molar-refractivity contribution in [2.24, 2.45) is 0 Å². The van der Waals surface area contributed by atoms with Crippen LogP contribution < -0.4 is 0 Å². The molecular formula is C25H43N. The summed E-state index contributed by atoms with van der Waals surface area (Å²) in [5, 5.41) is 0. The molecule has 26 heavy (non-hydrogen) atoms. The Bertz CT molecular complexity index is 448. The van der Waals surface area contributed by atoms with Crippen molar-refractivity contribution in [3.05, 3.63) is 35.9 Å². The molecule has 1 fully saturated rings. The van der Waals surface area contributed by atoms with Crippen molar-refractivity contribution in [1.29, 1.82) is 0 Å². The van der Waals surface area contributed by atoms with Gasteiger partial charge in [0, 0.05) is 5.54 Å². The highest BCUT2D eigenvalue weighted by Crippen LogP contribution is 2.39. The molecule has 1 nitrogen and oxygen atoms in total. The fourth-order valence-corrected chi connectivity index (χ4v) is 4.89. The Labute approximate surface area is 163 Å². The zero-order valence-corrected chi connectivity index (χ0v) is 17.6. The van der Waals surface area contributed by atoms with Crippen molar-refractivity contribution >= 4 is 0 Å². The van der Waals surface area contributed by atoms with Crippen molar-refractivity contribution < 1.29 is 0 Å². The van der Waals surface area contributed by atoms with Crippen molar-refractivity contribution in [2.75, 3.05) is 13.1 Å². The number of hydrogen-bond donors (Lipinski definition) is 0. The quantitative estimate of drug-likeness (QED) is 0.308. The van der Waals surface area contributed by atoms with Gasteiger partial charge in [-0.1, -0.05) is 108 Å². The molecule has 0 aliphatic carbocycles. The average Bonchev–Trinajstić information content (AvgIpc) is 3.22. The first-order valence-corrected chi connectivity index (χ1v) is 11.6. The van der Waals surface area contributed by atoms with E-state index in [1.54, 1.807) is 5.56 Å². The molecule has 0 radical (unpaired) electrons. The van der Waals surface area contributed by atoms with Gasteiger partial charge in [-0.15, -0.1) is 0 Å². The van der Waals surface area contributed by atoms with Gasteiger partial charge in [-0.2, -0.15) is 0 Å². The van der Waals surface area contributed by atoms with Crippen LogP contribution >= 0.6 is 0 Å². The highest BCUT2D eigenvalue weighted by atomic mass is 15.2. The summed E-state index contributed by atoms with van der Waals surface area (Å²) >= 11 is 0. The molecule has 1 aromatic carbocycles. The molecule has 2 rings (SSSR count). The van der Waals surface area contributed by atoms with Crippen molar-refractivity contribution in [3.63, 3.8) is 0 Å². The zero-order valence-electron chi connectivity index (χ0n) is 17.6. The van der Waals surface area contributed by atoms with Crippen LogP contribution in [0.1, 0.15) is 109 Å². The summed E-state index contributed by atoms with van der Waals surface area (Å²) in [6.45, 7) is 7.29. The second-order valence-electron chi connectivity index (χ2n) is 8.38. The van der Waals surface area contributed by atoms with Gasteiger partial charge in [-0.3, -0.25) is 4.90 Å². The van der Waals surface area contributed by atoms with Crippen LogP contribution in [0.15, 0.2) is 30.3 Å². The number of nitrogens with zero attached hydrogens (tertiary/aromatic N) is 1. The summed E-state index contributed by atoms with van der Waals surface area (Å²) < 4.78 is 0. The Balaban J connectivity index is 1.75. The fraction of sp³-hybridized carbons (Fsp3) is 0.760. The molecule has 0 saturated carbocycles. The average molecular weight is 358 g/mol. The zero-order chi connectivity index (χ0) is 18.5. The maximum atomic E-state index is 2.80. The van der Waals surface area contributed by atoms with Crippen LogP contribution in [0.25, 0.3) is 0 Å². The molecule has 1 aliphatic rings. The molecule has 1 aromatic rings. The number of unbranched alkanes of at least 4 members (excludes halogenated alkanes) is 9. The molecule has 0 N–H and O–H groups in total.